The highest BCUT2D eigenvalue weighted by molar-refractivity contribution is 9.10. The third-order valence-electron chi connectivity index (χ3n) is 3.59. The molecule has 2 aromatic rings. The van der Waals surface area contributed by atoms with Gasteiger partial charge in [0.2, 0.25) is 0 Å². The van der Waals surface area contributed by atoms with Gasteiger partial charge in [-0.1, -0.05) is 15.9 Å². The van der Waals surface area contributed by atoms with Crippen LogP contribution in [0.1, 0.15) is 29.8 Å². The van der Waals surface area contributed by atoms with Crippen molar-refractivity contribution < 1.29 is 19.0 Å². The Bertz CT molecular complexity index is 675. The Morgan fingerprint density at radius 2 is 2.05 bits per heavy atom. The summed E-state index contributed by atoms with van der Waals surface area (Å²) >= 11 is 3.33. The maximum absolute atomic E-state index is 14.0. The van der Waals surface area contributed by atoms with E-state index in [-0.39, 0.29) is 5.82 Å². The van der Waals surface area contributed by atoms with Crippen LogP contribution < -0.4 is 9.47 Å². The van der Waals surface area contributed by atoms with Crippen molar-refractivity contribution >= 4 is 15.9 Å². The second-order valence-corrected chi connectivity index (χ2v) is 5.84. The lowest BCUT2D eigenvalue weighted by Gasteiger charge is -2.30. The van der Waals surface area contributed by atoms with E-state index in [2.05, 4.69) is 15.9 Å². The second kappa shape index (κ2) is 5.66. The van der Waals surface area contributed by atoms with E-state index in [1.165, 1.54) is 6.07 Å². The number of benzene rings is 2. The lowest BCUT2D eigenvalue weighted by molar-refractivity contribution is 0.0637. The molecule has 0 saturated carbocycles. The zero-order valence-corrected chi connectivity index (χ0v) is 12.9. The molecule has 0 amide bonds. The normalized spacial score (nSPS) is 20.6. The molecule has 2 aromatic carbocycles. The molecule has 3 nitrogen and oxygen atoms in total. The molecule has 2 atom stereocenters. The largest absolute Gasteiger partial charge is 0.497 e. The van der Waals surface area contributed by atoms with Crippen molar-refractivity contribution in [3.8, 4) is 11.5 Å². The van der Waals surface area contributed by atoms with Crippen molar-refractivity contribution in [1.82, 2.24) is 0 Å². The minimum atomic E-state index is -0.716. The van der Waals surface area contributed by atoms with Gasteiger partial charge in [-0.3, -0.25) is 0 Å². The monoisotopic (exact) mass is 352 g/mol. The van der Waals surface area contributed by atoms with Gasteiger partial charge in [0.15, 0.2) is 0 Å². The third-order valence-corrected chi connectivity index (χ3v) is 4.08. The van der Waals surface area contributed by atoms with Crippen LogP contribution in [0.2, 0.25) is 0 Å². The first kappa shape index (κ1) is 14.4. The van der Waals surface area contributed by atoms with Crippen LogP contribution in [0.3, 0.4) is 0 Å². The Morgan fingerprint density at radius 1 is 1.24 bits per heavy atom. The average molecular weight is 353 g/mol. The van der Waals surface area contributed by atoms with Crippen molar-refractivity contribution in [2.45, 2.75) is 18.6 Å². The van der Waals surface area contributed by atoms with Crippen LogP contribution in [0.15, 0.2) is 40.9 Å². The minimum absolute atomic E-state index is 0.299. The number of methoxy groups -OCH3 is 1. The number of rotatable bonds is 2. The zero-order valence-electron chi connectivity index (χ0n) is 11.3. The lowest BCUT2D eigenvalue weighted by Crippen LogP contribution is -2.20. The van der Waals surface area contributed by atoms with Gasteiger partial charge in [0.05, 0.1) is 13.2 Å². The summed E-state index contributed by atoms with van der Waals surface area (Å²) in [6.07, 6.45) is -0.932. The van der Waals surface area contributed by atoms with E-state index >= 15 is 0 Å². The Labute approximate surface area is 130 Å². The number of fused-ring (bicyclic) bond motifs is 1. The van der Waals surface area contributed by atoms with Crippen LogP contribution in [0.4, 0.5) is 4.39 Å². The van der Waals surface area contributed by atoms with Gasteiger partial charge in [-0.15, -0.1) is 0 Å². The topological polar surface area (TPSA) is 38.7 Å². The lowest BCUT2D eigenvalue weighted by atomic mass is 9.94. The van der Waals surface area contributed by atoms with Gasteiger partial charge in [0.1, 0.15) is 23.4 Å². The maximum atomic E-state index is 14.0. The molecule has 0 bridgehead atoms. The summed E-state index contributed by atoms with van der Waals surface area (Å²) in [6.45, 7) is 0. The minimum Gasteiger partial charge on any atom is -0.497 e. The number of halogens is 2. The fraction of sp³-hybridized carbons (Fsp3) is 0.250. The molecular formula is C16H14BrFO3. The number of hydrogen-bond acceptors (Lipinski definition) is 3. The van der Waals surface area contributed by atoms with Gasteiger partial charge in [0.25, 0.3) is 0 Å². The smallest absolute Gasteiger partial charge is 0.130 e. The number of aliphatic hydroxyl groups is 1. The first-order chi connectivity index (χ1) is 10.1. The van der Waals surface area contributed by atoms with Crippen LogP contribution in [-0.2, 0) is 0 Å². The van der Waals surface area contributed by atoms with Gasteiger partial charge >= 0.3 is 0 Å². The van der Waals surface area contributed by atoms with E-state index in [1.807, 2.05) is 0 Å². The highest BCUT2D eigenvalue weighted by atomic mass is 79.9. The molecule has 1 aliphatic rings. The van der Waals surface area contributed by atoms with Crippen molar-refractivity contribution in [3.63, 3.8) is 0 Å². The van der Waals surface area contributed by atoms with Gasteiger partial charge in [0, 0.05) is 22.0 Å². The predicted molar refractivity (Wildman–Crippen MR) is 80.0 cm³/mol. The second-order valence-electron chi connectivity index (χ2n) is 4.93. The fourth-order valence-corrected chi connectivity index (χ4v) is 2.88. The van der Waals surface area contributed by atoms with Gasteiger partial charge < -0.3 is 14.6 Å². The van der Waals surface area contributed by atoms with Crippen molar-refractivity contribution in [2.75, 3.05) is 7.11 Å². The van der Waals surface area contributed by atoms with Crippen LogP contribution in [0, 0.1) is 5.82 Å². The van der Waals surface area contributed by atoms with Crippen LogP contribution >= 0.6 is 15.9 Å². The molecule has 0 aromatic heterocycles. The first-order valence-electron chi connectivity index (χ1n) is 6.56. The number of aliphatic hydroxyl groups excluding tert-OH is 1. The highest BCUT2D eigenvalue weighted by Crippen LogP contribution is 2.43. The molecule has 0 spiro atoms. The number of ether oxygens (including phenoxy) is 2. The van der Waals surface area contributed by atoms with Crippen molar-refractivity contribution in [3.05, 3.63) is 57.8 Å². The highest BCUT2D eigenvalue weighted by Gasteiger charge is 2.30. The summed E-state index contributed by atoms with van der Waals surface area (Å²) < 4.78 is 25.7. The van der Waals surface area contributed by atoms with E-state index in [9.17, 15) is 9.50 Å². The molecule has 110 valence electrons. The van der Waals surface area contributed by atoms with E-state index in [0.29, 0.717) is 29.0 Å². The molecular weight excluding hydrogens is 339 g/mol. The summed E-state index contributed by atoms with van der Waals surface area (Å²) in [5.74, 6) is 0.870. The van der Waals surface area contributed by atoms with E-state index in [0.717, 1.165) is 4.47 Å². The molecule has 21 heavy (non-hydrogen) atoms. The molecule has 0 aliphatic carbocycles. The molecule has 1 N–H and O–H groups in total. The zero-order chi connectivity index (χ0) is 15.0. The summed E-state index contributed by atoms with van der Waals surface area (Å²) in [5.41, 5.74) is 1.10. The summed E-state index contributed by atoms with van der Waals surface area (Å²) in [7, 11) is 1.57. The Morgan fingerprint density at radius 3 is 2.81 bits per heavy atom. The Hall–Kier alpha value is -1.59. The summed E-state index contributed by atoms with van der Waals surface area (Å²) in [5, 5.41) is 10.3. The molecule has 5 heteroatoms. The Balaban J connectivity index is 1.96. The standard InChI is InChI=1S/C16H14BrFO3/c1-20-10-3-5-15-12(7-10)14(19)8-16(21-15)11-6-9(17)2-4-13(11)18/h2-7,14,16,19H,8H2,1H3. The summed E-state index contributed by atoms with van der Waals surface area (Å²) in [6, 6.07) is 9.94. The predicted octanol–water partition coefficient (Wildman–Crippen LogP) is 4.15. The molecule has 1 heterocycles. The SMILES string of the molecule is COc1ccc2c(c1)C(O)CC(c1cc(Br)ccc1F)O2. The Kier molecular flexibility index (Phi) is 3.87. The van der Waals surface area contributed by atoms with E-state index < -0.39 is 12.2 Å². The van der Waals surface area contributed by atoms with E-state index in [4.69, 9.17) is 9.47 Å². The van der Waals surface area contributed by atoms with Crippen LogP contribution in [0.5, 0.6) is 11.5 Å². The number of hydrogen-bond donors (Lipinski definition) is 1. The maximum Gasteiger partial charge on any atom is 0.130 e. The molecule has 1 aliphatic heterocycles. The molecule has 0 radical (unpaired) electrons. The molecule has 3 rings (SSSR count). The van der Waals surface area contributed by atoms with Gasteiger partial charge in [-0.2, -0.15) is 0 Å². The van der Waals surface area contributed by atoms with Gasteiger partial charge in [-0.05, 0) is 36.4 Å². The van der Waals surface area contributed by atoms with Crippen LogP contribution in [-0.4, -0.2) is 12.2 Å². The molecule has 0 saturated heterocycles. The average Bonchev–Trinajstić information content (AvgIpc) is 2.49. The summed E-state index contributed by atoms with van der Waals surface area (Å²) in [4.78, 5) is 0. The molecule has 0 fully saturated rings. The third kappa shape index (κ3) is 2.76. The molecule has 2 unspecified atom stereocenters. The van der Waals surface area contributed by atoms with Crippen molar-refractivity contribution in [2.24, 2.45) is 0 Å². The van der Waals surface area contributed by atoms with Crippen molar-refractivity contribution in [1.29, 1.82) is 0 Å². The van der Waals surface area contributed by atoms with E-state index in [1.54, 1.807) is 37.4 Å². The quantitative estimate of drug-likeness (QED) is 0.882. The van der Waals surface area contributed by atoms with Gasteiger partial charge in [-0.25, -0.2) is 4.39 Å². The fourth-order valence-electron chi connectivity index (χ4n) is 2.50. The van der Waals surface area contributed by atoms with Crippen LogP contribution in [0.25, 0.3) is 0 Å². The first-order valence-corrected chi connectivity index (χ1v) is 7.35.